The van der Waals surface area contributed by atoms with Crippen LogP contribution in [0.4, 0.5) is 36.2 Å². The third-order valence-electron chi connectivity index (χ3n) is 4.62. The molecule has 2 heterocycles. The van der Waals surface area contributed by atoms with Gasteiger partial charge in [-0.2, -0.15) is 13.2 Å². The van der Waals surface area contributed by atoms with Crippen LogP contribution in [0.3, 0.4) is 0 Å². The van der Waals surface area contributed by atoms with Gasteiger partial charge in [0, 0.05) is 32.7 Å². The van der Waals surface area contributed by atoms with Crippen molar-refractivity contribution in [3.63, 3.8) is 0 Å². The molecule has 0 radical (unpaired) electrons. The van der Waals surface area contributed by atoms with Crippen LogP contribution in [-0.2, 0) is 6.18 Å². The number of nitrogens with one attached hydrogen (secondary N) is 1. The molecule has 0 spiro atoms. The molecule has 9 nitrogen and oxygen atoms in total. The Balaban J connectivity index is 1.92. The van der Waals surface area contributed by atoms with Crippen molar-refractivity contribution in [2.75, 3.05) is 49.5 Å². The van der Waals surface area contributed by atoms with Crippen LogP contribution in [0.15, 0.2) is 24.5 Å². The van der Waals surface area contributed by atoms with E-state index in [1.165, 1.54) is 0 Å². The predicted molar refractivity (Wildman–Crippen MR) is 104 cm³/mol. The summed E-state index contributed by atoms with van der Waals surface area (Å²) in [6.45, 7) is 2.52. The summed E-state index contributed by atoms with van der Waals surface area (Å²) in [5.41, 5.74) is -1.57. The van der Waals surface area contributed by atoms with Gasteiger partial charge >= 0.3 is 11.9 Å². The van der Waals surface area contributed by atoms with Crippen LogP contribution in [0.1, 0.15) is 5.56 Å². The molecule has 30 heavy (non-hydrogen) atoms. The number of halogens is 4. The average Bonchev–Trinajstić information content (AvgIpc) is 2.69. The van der Waals surface area contributed by atoms with Crippen molar-refractivity contribution in [1.29, 1.82) is 0 Å². The standard InChI is InChI=1S/C17H18ClF3N6O3/c18-12-2-1-11(17(19,20)21)9-13(12)24-15-14(27(29)30)16(23-10-22-15)26-5-3-25(4-6-26)7-8-28/h1-2,9-10,28H,3-8H2,(H,22,23,24). The molecule has 0 unspecified atom stereocenters. The highest BCUT2D eigenvalue weighted by molar-refractivity contribution is 6.33. The Bertz CT molecular complexity index is 922. The van der Waals surface area contributed by atoms with E-state index in [2.05, 4.69) is 15.3 Å². The summed E-state index contributed by atoms with van der Waals surface area (Å²) < 4.78 is 39.0. The van der Waals surface area contributed by atoms with E-state index >= 15 is 0 Å². The molecule has 0 amide bonds. The molecule has 0 atom stereocenters. The quantitative estimate of drug-likeness (QED) is 0.515. The Morgan fingerprint density at radius 1 is 1.23 bits per heavy atom. The largest absolute Gasteiger partial charge is 0.416 e. The summed E-state index contributed by atoms with van der Waals surface area (Å²) in [5.74, 6) is -0.201. The maximum absolute atomic E-state index is 13.0. The van der Waals surface area contributed by atoms with Crippen molar-refractivity contribution in [2.24, 2.45) is 0 Å². The second-order valence-corrected chi connectivity index (χ2v) is 6.93. The summed E-state index contributed by atoms with van der Waals surface area (Å²) in [5, 5.41) is 23.3. The van der Waals surface area contributed by atoms with E-state index in [0.717, 1.165) is 24.5 Å². The van der Waals surface area contributed by atoms with Crippen molar-refractivity contribution >= 4 is 34.6 Å². The molecule has 3 rings (SSSR count). The number of aromatic nitrogens is 2. The first-order chi connectivity index (χ1) is 14.2. The lowest BCUT2D eigenvalue weighted by atomic mass is 10.2. The first-order valence-electron chi connectivity index (χ1n) is 8.92. The number of β-amino-alcohol motifs (C(OH)–C–C–N with tert-alkyl or cyclic N) is 1. The molecule has 1 aliphatic heterocycles. The maximum atomic E-state index is 13.0. The van der Waals surface area contributed by atoms with E-state index in [1.807, 2.05) is 4.90 Å². The molecule has 13 heteroatoms. The van der Waals surface area contributed by atoms with Gasteiger partial charge in [-0.25, -0.2) is 9.97 Å². The Morgan fingerprint density at radius 3 is 2.53 bits per heavy atom. The number of benzene rings is 1. The molecule has 1 fully saturated rings. The third-order valence-corrected chi connectivity index (χ3v) is 4.95. The summed E-state index contributed by atoms with van der Waals surface area (Å²) in [6, 6.07) is 2.64. The van der Waals surface area contributed by atoms with Gasteiger partial charge < -0.3 is 15.3 Å². The predicted octanol–water partition coefficient (Wildman–Crippen LogP) is 2.91. The SMILES string of the molecule is O=[N+]([O-])c1c(Nc2cc(C(F)(F)F)ccc2Cl)ncnc1N1CCN(CCO)CC1. The normalized spacial score (nSPS) is 15.3. The van der Waals surface area contributed by atoms with Crippen molar-refractivity contribution in [1.82, 2.24) is 14.9 Å². The van der Waals surface area contributed by atoms with Crippen LogP contribution in [0, 0.1) is 10.1 Å². The van der Waals surface area contributed by atoms with Crippen LogP contribution < -0.4 is 10.2 Å². The molecular formula is C17H18ClF3N6O3. The smallest absolute Gasteiger partial charge is 0.395 e. The van der Waals surface area contributed by atoms with Gasteiger partial charge in [0.15, 0.2) is 0 Å². The van der Waals surface area contributed by atoms with E-state index < -0.39 is 22.4 Å². The molecular weight excluding hydrogens is 429 g/mol. The Labute approximate surface area is 174 Å². The minimum Gasteiger partial charge on any atom is -0.395 e. The lowest BCUT2D eigenvalue weighted by Gasteiger charge is -2.34. The fraction of sp³-hybridized carbons (Fsp3) is 0.412. The van der Waals surface area contributed by atoms with E-state index in [-0.39, 0.29) is 29.0 Å². The highest BCUT2D eigenvalue weighted by atomic mass is 35.5. The Morgan fingerprint density at radius 2 is 1.93 bits per heavy atom. The second kappa shape index (κ2) is 8.98. The van der Waals surface area contributed by atoms with Gasteiger partial charge in [0.25, 0.3) is 0 Å². The van der Waals surface area contributed by atoms with Crippen LogP contribution in [0.25, 0.3) is 0 Å². The Hall–Kier alpha value is -2.70. The van der Waals surface area contributed by atoms with Crippen molar-refractivity contribution in [3.05, 3.63) is 45.2 Å². The lowest BCUT2D eigenvalue weighted by molar-refractivity contribution is -0.383. The summed E-state index contributed by atoms with van der Waals surface area (Å²) >= 11 is 5.98. The number of nitro groups is 1. The zero-order chi connectivity index (χ0) is 21.9. The first-order valence-corrected chi connectivity index (χ1v) is 9.30. The van der Waals surface area contributed by atoms with Gasteiger partial charge in [-0.05, 0) is 18.2 Å². The summed E-state index contributed by atoms with van der Waals surface area (Å²) in [4.78, 5) is 22.7. The minimum absolute atomic E-state index is 0.0134. The van der Waals surface area contributed by atoms with Crippen molar-refractivity contribution in [2.45, 2.75) is 6.18 Å². The number of piperazine rings is 1. The molecule has 0 bridgehead atoms. The third kappa shape index (κ3) is 4.89. The molecule has 0 aliphatic carbocycles. The van der Waals surface area contributed by atoms with Crippen LogP contribution in [0.5, 0.6) is 0 Å². The van der Waals surface area contributed by atoms with E-state index in [9.17, 15) is 23.3 Å². The minimum atomic E-state index is -4.60. The van der Waals surface area contributed by atoms with Crippen LogP contribution in [0.2, 0.25) is 5.02 Å². The van der Waals surface area contributed by atoms with Crippen molar-refractivity contribution in [3.8, 4) is 0 Å². The zero-order valence-electron chi connectivity index (χ0n) is 15.6. The van der Waals surface area contributed by atoms with Crippen LogP contribution in [-0.4, -0.2) is 64.2 Å². The van der Waals surface area contributed by atoms with E-state index in [1.54, 1.807) is 4.90 Å². The topological polar surface area (TPSA) is 108 Å². The first kappa shape index (κ1) is 22.0. The fourth-order valence-corrected chi connectivity index (χ4v) is 3.27. The van der Waals surface area contributed by atoms with Gasteiger partial charge in [-0.15, -0.1) is 0 Å². The van der Waals surface area contributed by atoms with E-state index in [4.69, 9.17) is 16.7 Å². The van der Waals surface area contributed by atoms with E-state index in [0.29, 0.717) is 32.7 Å². The second-order valence-electron chi connectivity index (χ2n) is 6.52. The van der Waals surface area contributed by atoms with Crippen LogP contribution >= 0.6 is 11.6 Å². The molecule has 2 N–H and O–H groups in total. The molecule has 1 aromatic carbocycles. The molecule has 0 saturated carbocycles. The van der Waals surface area contributed by atoms with Gasteiger partial charge in [0.05, 0.1) is 27.8 Å². The monoisotopic (exact) mass is 446 g/mol. The number of rotatable bonds is 6. The number of aliphatic hydroxyl groups is 1. The average molecular weight is 447 g/mol. The molecule has 1 aromatic heterocycles. The Kier molecular flexibility index (Phi) is 6.58. The molecule has 1 saturated heterocycles. The number of hydrogen-bond acceptors (Lipinski definition) is 8. The summed E-state index contributed by atoms with van der Waals surface area (Å²) in [6.07, 6.45) is -3.50. The molecule has 2 aromatic rings. The van der Waals surface area contributed by atoms with Gasteiger partial charge in [0.1, 0.15) is 6.33 Å². The number of nitrogens with zero attached hydrogens (tertiary/aromatic N) is 5. The van der Waals surface area contributed by atoms with Gasteiger partial charge in [-0.1, -0.05) is 11.6 Å². The number of anilines is 3. The highest BCUT2D eigenvalue weighted by Crippen LogP contribution is 2.38. The molecule has 1 aliphatic rings. The van der Waals surface area contributed by atoms with Gasteiger partial charge in [0.2, 0.25) is 11.6 Å². The highest BCUT2D eigenvalue weighted by Gasteiger charge is 2.32. The lowest BCUT2D eigenvalue weighted by Crippen LogP contribution is -2.47. The fourth-order valence-electron chi connectivity index (χ4n) is 3.11. The number of aliphatic hydroxyl groups excluding tert-OH is 1. The number of alkyl halides is 3. The number of hydrogen-bond donors (Lipinski definition) is 2. The van der Waals surface area contributed by atoms with Crippen molar-refractivity contribution < 1.29 is 23.2 Å². The molecule has 162 valence electrons. The maximum Gasteiger partial charge on any atom is 0.416 e. The zero-order valence-corrected chi connectivity index (χ0v) is 16.3. The summed E-state index contributed by atoms with van der Waals surface area (Å²) in [7, 11) is 0. The van der Waals surface area contributed by atoms with Gasteiger partial charge in [-0.3, -0.25) is 15.0 Å².